The maximum Gasteiger partial charge on any atom is 0.334 e. The first-order valence-corrected chi connectivity index (χ1v) is 12.0. The molecule has 1 heterocycles. The Balaban J connectivity index is 1.70. The molecule has 2 bridgehead atoms. The number of hydrogen-bond acceptors (Lipinski definition) is 5. The van der Waals surface area contributed by atoms with Crippen LogP contribution in [0.25, 0.3) is 0 Å². The molecule has 8 atom stereocenters. The highest BCUT2D eigenvalue weighted by molar-refractivity contribution is 14.1. The lowest BCUT2D eigenvalue weighted by Gasteiger charge is -2.40. The van der Waals surface area contributed by atoms with Crippen molar-refractivity contribution in [1.82, 2.24) is 0 Å². The van der Waals surface area contributed by atoms with Crippen LogP contribution in [0.15, 0.2) is 34.9 Å². The lowest BCUT2D eigenvalue weighted by Crippen LogP contribution is -2.56. The Kier molecular flexibility index (Phi) is 4.38. The van der Waals surface area contributed by atoms with Crippen molar-refractivity contribution in [2.75, 3.05) is 6.61 Å². The SMILES string of the molecule is C/C=C(/C)C(=O)O[C@@H]1C(CO)=C[C@@H]2C(=O)[C@]3(C=C(C)[C@@H]4O[C@@]143)[C@H](I)C[C@@H]1[C@H]2C1(C)C. The summed E-state index contributed by atoms with van der Waals surface area (Å²) in [7, 11) is 0. The highest BCUT2D eigenvalue weighted by Gasteiger charge is 2.84. The number of fused-ring (bicyclic) bond motifs is 3. The Morgan fingerprint density at radius 2 is 2.13 bits per heavy atom. The Morgan fingerprint density at radius 3 is 2.73 bits per heavy atom. The highest BCUT2D eigenvalue weighted by Crippen LogP contribution is 2.75. The lowest BCUT2D eigenvalue weighted by atomic mass is 9.66. The van der Waals surface area contributed by atoms with Crippen LogP contribution in [0.2, 0.25) is 0 Å². The van der Waals surface area contributed by atoms with E-state index in [0.717, 1.165) is 12.0 Å². The maximum atomic E-state index is 14.2. The van der Waals surface area contributed by atoms with Gasteiger partial charge in [0.05, 0.1) is 12.0 Å². The van der Waals surface area contributed by atoms with Crippen molar-refractivity contribution >= 4 is 34.3 Å². The van der Waals surface area contributed by atoms with Gasteiger partial charge in [-0.1, -0.05) is 54.7 Å². The van der Waals surface area contributed by atoms with Crippen LogP contribution in [-0.2, 0) is 19.1 Å². The van der Waals surface area contributed by atoms with Gasteiger partial charge in [-0.15, -0.1) is 0 Å². The molecule has 30 heavy (non-hydrogen) atoms. The van der Waals surface area contributed by atoms with Crippen LogP contribution in [0, 0.1) is 28.6 Å². The first-order chi connectivity index (χ1) is 14.1. The zero-order chi connectivity index (χ0) is 21.8. The number of Topliss-reactive ketones (excluding diaryl/α,β-unsaturated/α-hetero) is 1. The topological polar surface area (TPSA) is 76.1 Å². The molecule has 6 heteroatoms. The fourth-order valence-electron chi connectivity index (χ4n) is 6.81. The molecule has 0 aromatic rings. The molecule has 1 aliphatic heterocycles. The normalized spacial score (nSPS) is 47.7. The summed E-state index contributed by atoms with van der Waals surface area (Å²) in [5, 5.41) is 10.3. The first-order valence-electron chi connectivity index (χ1n) is 10.8. The van der Waals surface area contributed by atoms with Crippen molar-refractivity contribution in [2.45, 2.75) is 62.8 Å². The van der Waals surface area contributed by atoms with Gasteiger partial charge in [-0.2, -0.15) is 0 Å². The van der Waals surface area contributed by atoms with Gasteiger partial charge in [0.2, 0.25) is 0 Å². The van der Waals surface area contributed by atoms with Crippen molar-refractivity contribution in [2.24, 2.45) is 28.6 Å². The van der Waals surface area contributed by atoms with Crippen LogP contribution in [-0.4, -0.2) is 45.2 Å². The van der Waals surface area contributed by atoms with E-state index in [-0.39, 0.29) is 39.7 Å². The third kappa shape index (κ3) is 2.26. The number of carbonyl (C=O) groups is 2. The van der Waals surface area contributed by atoms with Crippen molar-refractivity contribution in [3.8, 4) is 0 Å². The number of ether oxygens (including phenoxy) is 2. The summed E-state index contributed by atoms with van der Waals surface area (Å²) in [6.45, 7) is 9.73. The minimum absolute atomic E-state index is 0.0415. The van der Waals surface area contributed by atoms with Crippen molar-refractivity contribution in [3.63, 3.8) is 0 Å². The number of epoxide rings is 1. The van der Waals surface area contributed by atoms with E-state index in [4.69, 9.17) is 9.47 Å². The summed E-state index contributed by atoms with van der Waals surface area (Å²) in [5.41, 5.74) is 0.455. The summed E-state index contributed by atoms with van der Waals surface area (Å²) >= 11 is 2.43. The molecular weight excluding hydrogens is 495 g/mol. The van der Waals surface area contributed by atoms with Gasteiger partial charge in [0.1, 0.15) is 6.10 Å². The number of allylic oxidation sites excluding steroid dienone is 2. The van der Waals surface area contributed by atoms with Crippen LogP contribution in [0.3, 0.4) is 0 Å². The minimum Gasteiger partial charge on any atom is -0.451 e. The predicted molar refractivity (Wildman–Crippen MR) is 120 cm³/mol. The molecule has 0 aromatic heterocycles. The number of carbonyl (C=O) groups excluding carboxylic acids is 2. The standard InChI is InChI=1S/C24H29IO5/c1-6-11(2)21(28)29-20-13(10-26)7-14-17-15(22(17,4)5)8-16(25)23(18(14)27)9-12(3)19-24(20,23)30-19/h6-7,9,14-17,19-20,26H,8,10H2,1-5H3/b11-6-/t14-,15+,16+,17-,19-,20+,23-,24+/m0/s1. The second-order valence-electron chi connectivity index (χ2n) is 10.3. The molecular formula is C24H29IO5. The van der Waals surface area contributed by atoms with Crippen LogP contribution >= 0.6 is 22.6 Å². The third-order valence-corrected chi connectivity index (χ3v) is 10.1. The molecule has 2 saturated carbocycles. The van der Waals surface area contributed by atoms with Gasteiger partial charge in [0.15, 0.2) is 17.5 Å². The van der Waals surface area contributed by atoms with E-state index in [1.807, 2.05) is 13.0 Å². The zero-order valence-corrected chi connectivity index (χ0v) is 20.2. The second kappa shape index (κ2) is 6.29. The predicted octanol–water partition coefficient (Wildman–Crippen LogP) is 3.55. The van der Waals surface area contributed by atoms with Crippen LogP contribution < -0.4 is 0 Å². The fraction of sp³-hybridized carbons (Fsp3) is 0.667. The molecule has 5 nitrogen and oxygen atoms in total. The Morgan fingerprint density at radius 1 is 1.43 bits per heavy atom. The summed E-state index contributed by atoms with van der Waals surface area (Å²) in [5.74, 6) is 0.172. The minimum atomic E-state index is -0.937. The first kappa shape index (κ1) is 20.9. The molecule has 0 amide bonds. The summed E-state index contributed by atoms with van der Waals surface area (Å²) in [6.07, 6.45) is 5.67. The molecule has 1 saturated heterocycles. The van der Waals surface area contributed by atoms with E-state index in [1.54, 1.807) is 19.9 Å². The van der Waals surface area contributed by atoms with Gasteiger partial charge in [0.25, 0.3) is 0 Å². The molecule has 5 rings (SSSR count). The smallest absolute Gasteiger partial charge is 0.334 e. The molecule has 0 radical (unpaired) electrons. The number of esters is 1. The van der Waals surface area contributed by atoms with Crippen molar-refractivity contribution in [3.05, 3.63) is 34.9 Å². The molecule has 162 valence electrons. The molecule has 0 unspecified atom stereocenters. The van der Waals surface area contributed by atoms with Crippen LogP contribution in [0.1, 0.15) is 41.0 Å². The number of rotatable bonds is 3. The zero-order valence-electron chi connectivity index (χ0n) is 18.1. The van der Waals surface area contributed by atoms with E-state index in [0.29, 0.717) is 17.1 Å². The summed E-state index contributed by atoms with van der Waals surface area (Å²) in [6, 6.07) is 0. The van der Waals surface area contributed by atoms with E-state index in [1.165, 1.54) is 0 Å². The summed E-state index contributed by atoms with van der Waals surface area (Å²) < 4.78 is 12.4. The van der Waals surface area contributed by atoms with E-state index < -0.39 is 23.1 Å². The highest BCUT2D eigenvalue weighted by atomic mass is 127. The molecule has 3 fully saturated rings. The van der Waals surface area contributed by atoms with Gasteiger partial charge in [-0.25, -0.2) is 4.79 Å². The molecule has 2 spiro atoms. The van der Waals surface area contributed by atoms with Crippen LogP contribution in [0.4, 0.5) is 0 Å². The van der Waals surface area contributed by atoms with Gasteiger partial charge >= 0.3 is 5.97 Å². The number of aliphatic hydroxyl groups is 1. The van der Waals surface area contributed by atoms with Crippen molar-refractivity contribution in [1.29, 1.82) is 0 Å². The number of halogens is 1. The van der Waals surface area contributed by atoms with E-state index in [9.17, 15) is 14.7 Å². The van der Waals surface area contributed by atoms with Gasteiger partial charge in [-0.05, 0) is 55.6 Å². The quantitative estimate of drug-likeness (QED) is 0.153. The molecule has 5 aliphatic rings. The van der Waals surface area contributed by atoms with E-state index in [2.05, 4.69) is 42.5 Å². The molecule has 1 N–H and O–H groups in total. The van der Waals surface area contributed by atoms with Gasteiger partial charge in [-0.3, -0.25) is 4.79 Å². The summed E-state index contributed by atoms with van der Waals surface area (Å²) in [4.78, 5) is 27.0. The van der Waals surface area contributed by atoms with E-state index >= 15 is 0 Å². The number of ketones is 1. The number of aliphatic hydroxyl groups excluding tert-OH is 1. The monoisotopic (exact) mass is 524 g/mol. The Labute approximate surface area is 191 Å². The number of alkyl halides is 1. The van der Waals surface area contributed by atoms with Crippen molar-refractivity contribution < 1.29 is 24.2 Å². The number of hydrogen-bond donors (Lipinski definition) is 1. The lowest BCUT2D eigenvalue weighted by molar-refractivity contribution is -0.151. The maximum absolute atomic E-state index is 14.2. The average molecular weight is 524 g/mol. The molecule has 4 aliphatic carbocycles. The Bertz CT molecular complexity index is 945. The van der Waals surface area contributed by atoms with Gasteiger partial charge < -0.3 is 14.6 Å². The Hall–Kier alpha value is -0.990. The largest absolute Gasteiger partial charge is 0.451 e. The molecule has 0 aromatic carbocycles. The average Bonchev–Trinajstić information content (AvgIpc) is 3.56. The third-order valence-electron chi connectivity index (χ3n) is 8.63. The van der Waals surface area contributed by atoms with Crippen LogP contribution in [0.5, 0.6) is 0 Å². The fourth-order valence-corrected chi connectivity index (χ4v) is 8.33. The van der Waals surface area contributed by atoms with Gasteiger partial charge in [0, 0.05) is 15.4 Å². The second-order valence-corrected chi connectivity index (χ2v) is 11.8.